The molecular formula is C75H133N2O7P. The summed E-state index contributed by atoms with van der Waals surface area (Å²) >= 11 is 0. The number of phosphoric ester groups is 1. The molecule has 85 heavy (non-hydrogen) atoms. The molecule has 0 aliphatic heterocycles. The van der Waals surface area contributed by atoms with Crippen molar-refractivity contribution in [1.82, 2.24) is 5.32 Å². The first-order chi connectivity index (χ1) is 41.4. The SMILES string of the molecule is CCCCC/C=C\C/C=C\C/C=C\C/C=C\CCCCCCCCCCCCCC(=O)NC(COP(=O)([O-])OCC[N+](C)(C)C)C(/C=C\CCCCCCCCCCC)OC(=O)CCCCCCC/C=C\C/C=C\C/C=C\C/C=C\CCCCC. The van der Waals surface area contributed by atoms with Gasteiger partial charge >= 0.3 is 5.97 Å². The van der Waals surface area contributed by atoms with Crippen molar-refractivity contribution in [2.45, 2.75) is 315 Å². The standard InChI is InChI=1S/C75H133N2O7P/c1-7-10-13-16-19-22-25-27-29-31-33-35-36-37-38-39-40-42-43-45-47-49-52-55-58-61-64-67-74(78)76-72(71-83-85(80,81)82-70-69-77(4,5)6)73(66-63-60-57-54-51-24-21-18-15-12-9-3)84-75(79)68-65-62-59-56-53-50-48-46-44-41-34-32-30-28-26-23-20-17-14-11-8-2/h19-20,22-23,27-30,33-35,37-38,41,46,48,63,66,72-73H,7-18,21,24-26,31-32,36,39-40,42-45,47,49-62,64-65,67-71H2,1-6H3,(H-,76,78,80,81)/b22-19-,23-20-,29-27-,30-28-,35-33-,38-37-,41-34-,48-46-,66-63-. The van der Waals surface area contributed by atoms with Gasteiger partial charge in [0.1, 0.15) is 19.3 Å². The van der Waals surface area contributed by atoms with E-state index in [9.17, 15) is 19.0 Å². The molecule has 0 aliphatic carbocycles. The van der Waals surface area contributed by atoms with Crippen molar-refractivity contribution in [3.63, 3.8) is 0 Å². The molecule has 490 valence electrons. The number of phosphoric acid groups is 1. The zero-order valence-electron chi connectivity index (χ0n) is 56.0. The molecule has 9 nitrogen and oxygen atoms in total. The van der Waals surface area contributed by atoms with E-state index in [-0.39, 0.29) is 24.9 Å². The van der Waals surface area contributed by atoms with Crippen LogP contribution >= 0.6 is 7.82 Å². The number of allylic oxidation sites excluding steroid dienone is 17. The van der Waals surface area contributed by atoms with Gasteiger partial charge in [-0.1, -0.05) is 278 Å². The number of esters is 1. The summed E-state index contributed by atoms with van der Waals surface area (Å²) in [5.41, 5.74) is 0. The molecule has 0 aromatic heterocycles. The lowest BCUT2D eigenvalue weighted by Gasteiger charge is -2.30. The number of likely N-dealkylation sites (N-methyl/N-ethyl adjacent to an activating group) is 1. The fraction of sp³-hybridized carbons (Fsp3) is 0.733. The van der Waals surface area contributed by atoms with E-state index in [1.54, 1.807) is 0 Å². The summed E-state index contributed by atoms with van der Waals surface area (Å²) in [6, 6.07) is -0.905. The smallest absolute Gasteiger partial charge is 0.306 e. The Balaban J connectivity index is 5.08. The number of carbonyl (C=O) groups is 2. The lowest BCUT2D eigenvalue weighted by molar-refractivity contribution is -0.870. The van der Waals surface area contributed by atoms with Gasteiger partial charge in [-0.2, -0.15) is 0 Å². The summed E-state index contributed by atoms with van der Waals surface area (Å²) in [4.78, 5) is 40.1. The normalized spacial score (nSPS) is 14.2. The number of quaternary nitrogens is 1. The molecule has 0 radical (unpaired) electrons. The Morgan fingerprint density at radius 2 is 0.718 bits per heavy atom. The number of ether oxygens (including phenoxy) is 1. The summed E-state index contributed by atoms with van der Waals surface area (Å²) < 4.78 is 30.4. The van der Waals surface area contributed by atoms with Gasteiger partial charge in [0.2, 0.25) is 5.91 Å². The second kappa shape index (κ2) is 63.7. The van der Waals surface area contributed by atoms with Crippen LogP contribution in [0.25, 0.3) is 0 Å². The molecule has 0 fully saturated rings. The predicted molar refractivity (Wildman–Crippen MR) is 367 cm³/mol. The van der Waals surface area contributed by atoms with Gasteiger partial charge in [0.15, 0.2) is 0 Å². The molecule has 0 saturated heterocycles. The molecule has 0 aromatic carbocycles. The summed E-state index contributed by atoms with van der Waals surface area (Å²) in [6.07, 6.45) is 87.8. The largest absolute Gasteiger partial charge is 0.756 e. The van der Waals surface area contributed by atoms with Gasteiger partial charge in [0.25, 0.3) is 7.82 Å². The molecule has 0 spiro atoms. The van der Waals surface area contributed by atoms with E-state index >= 15 is 0 Å². The van der Waals surface area contributed by atoms with Crippen molar-refractivity contribution in [3.8, 4) is 0 Å². The third-order valence-electron chi connectivity index (χ3n) is 15.2. The number of rotatable bonds is 63. The van der Waals surface area contributed by atoms with Crippen molar-refractivity contribution in [2.24, 2.45) is 0 Å². The van der Waals surface area contributed by atoms with Gasteiger partial charge in [-0.05, 0) is 122 Å². The minimum atomic E-state index is -4.71. The Bertz CT molecular complexity index is 1820. The molecule has 0 bridgehead atoms. The second-order valence-corrected chi connectivity index (χ2v) is 26.1. The van der Waals surface area contributed by atoms with Crippen LogP contribution < -0.4 is 10.2 Å². The third kappa shape index (κ3) is 65.0. The maximum Gasteiger partial charge on any atom is 0.306 e. The maximum absolute atomic E-state index is 13.6. The minimum Gasteiger partial charge on any atom is -0.756 e. The Kier molecular flexibility index (Phi) is 61.2. The molecule has 0 saturated carbocycles. The molecular weight excluding hydrogens is 1070 g/mol. The zero-order valence-corrected chi connectivity index (χ0v) is 56.9. The number of hydrogen-bond donors (Lipinski definition) is 1. The van der Waals surface area contributed by atoms with E-state index in [1.807, 2.05) is 33.3 Å². The lowest BCUT2D eigenvalue weighted by atomic mass is 10.0. The van der Waals surface area contributed by atoms with Crippen LogP contribution in [0.4, 0.5) is 0 Å². The van der Waals surface area contributed by atoms with Crippen LogP contribution in [0, 0.1) is 0 Å². The molecule has 0 rings (SSSR count). The van der Waals surface area contributed by atoms with Crippen LogP contribution in [0.5, 0.6) is 0 Å². The van der Waals surface area contributed by atoms with Crippen molar-refractivity contribution in [2.75, 3.05) is 40.9 Å². The summed E-state index contributed by atoms with van der Waals surface area (Å²) in [7, 11) is 1.16. The fourth-order valence-electron chi connectivity index (χ4n) is 9.72. The third-order valence-corrected chi connectivity index (χ3v) is 16.1. The highest BCUT2D eigenvalue weighted by atomic mass is 31.2. The number of nitrogens with one attached hydrogen (secondary N) is 1. The van der Waals surface area contributed by atoms with Crippen LogP contribution in [-0.4, -0.2) is 69.4 Å². The van der Waals surface area contributed by atoms with Gasteiger partial charge in [0.05, 0.1) is 33.8 Å². The molecule has 1 N–H and O–H groups in total. The zero-order chi connectivity index (χ0) is 62.1. The first-order valence-corrected chi connectivity index (χ1v) is 36.7. The molecule has 3 unspecified atom stereocenters. The van der Waals surface area contributed by atoms with Crippen LogP contribution in [0.2, 0.25) is 0 Å². The van der Waals surface area contributed by atoms with E-state index in [1.165, 1.54) is 148 Å². The Morgan fingerprint density at radius 3 is 1.09 bits per heavy atom. The second-order valence-electron chi connectivity index (χ2n) is 24.7. The van der Waals surface area contributed by atoms with Gasteiger partial charge in [-0.3, -0.25) is 14.2 Å². The molecule has 0 heterocycles. The predicted octanol–water partition coefficient (Wildman–Crippen LogP) is 21.8. The molecule has 3 atom stereocenters. The van der Waals surface area contributed by atoms with Gasteiger partial charge in [0, 0.05) is 12.8 Å². The fourth-order valence-corrected chi connectivity index (χ4v) is 10.4. The van der Waals surface area contributed by atoms with Gasteiger partial charge < -0.3 is 28.5 Å². The minimum absolute atomic E-state index is 0.0310. The van der Waals surface area contributed by atoms with Crippen molar-refractivity contribution >= 4 is 19.7 Å². The van der Waals surface area contributed by atoms with E-state index < -0.39 is 26.6 Å². The van der Waals surface area contributed by atoms with E-state index in [0.717, 1.165) is 116 Å². The molecule has 10 heteroatoms. The van der Waals surface area contributed by atoms with Gasteiger partial charge in [-0.15, -0.1) is 0 Å². The topological polar surface area (TPSA) is 114 Å². The summed E-state index contributed by atoms with van der Waals surface area (Å²) in [5, 5.41) is 3.03. The lowest BCUT2D eigenvalue weighted by Crippen LogP contribution is -2.47. The average molecular weight is 1210 g/mol. The van der Waals surface area contributed by atoms with Gasteiger partial charge in [-0.25, -0.2) is 0 Å². The number of hydrogen-bond acceptors (Lipinski definition) is 7. The highest BCUT2D eigenvalue weighted by Crippen LogP contribution is 2.38. The van der Waals surface area contributed by atoms with E-state index in [0.29, 0.717) is 23.9 Å². The molecule has 1 amide bonds. The van der Waals surface area contributed by atoms with Crippen LogP contribution in [0.1, 0.15) is 303 Å². The highest BCUT2D eigenvalue weighted by Gasteiger charge is 2.27. The monoisotopic (exact) mass is 1200 g/mol. The van der Waals surface area contributed by atoms with Crippen molar-refractivity contribution < 1.29 is 37.3 Å². The number of carbonyl (C=O) groups excluding carboxylic acids is 2. The highest BCUT2D eigenvalue weighted by molar-refractivity contribution is 7.45. The number of unbranched alkanes of at least 4 members (excludes halogenated alkanes) is 31. The molecule has 0 aliphatic rings. The quantitative estimate of drug-likeness (QED) is 0.0212. The Hall–Kier alpha value is -3.33. The first-order valence-electron chi connectivity index (χ1n) is 35.2. The van der Waals surface area contributed by atoms with E-state index in [4.69, 9.17) is 13.8 Å². The maximum atomic E-state index is 13.6. The molecule has 0 aromatic rings. The Morgan fingerprint density at radius 1 is 0.412 bits per heavy atom. The number of amides is 1. The number of nitrogens with zero attached hydrogens (tertiary/aromatic N) is 1. The Labute approximate surface area is 525 Å². The van der Waals surface area contributed by atoms with Crippen LogP contribution in [-0.2, 0) is 27.9 Å². The van der Waals surface area contributed by atoms with E-state index in [2.05, 4.69) is 123 Å². The van der Waals surface area contributed by atoms with Crippen LogP contribution in [0.15, 0.2) is 109 Å². The van der Waals surface area contributed by atoms with Crippen molar-refractivity contribution in [1.29, 1.82) is 0 Å². The average Bonchev–Trinajstić information content (AvgIpc) is 3.64. The van der Waals surface area contributed by atoms with Crippen molar-refractivity contribution in [3.05, 3.63) is 109 Å². The summed E-state index contributed by atoms with van der Waals surface area (Å²) in [6.45, 7) is 6.77. The van der Waals surface area contributed by atoms with Crippen LogP contribution in [0.3, 0.4) is 0 Å². The summed E-state index contributed by atoms with van der Waals surface area (Å²) in [5.74, 6) is -0.566. The first kappa shape index (κ1) is 81.7.